The van der Waals surface area contributed by atoms with Gasteiger partial charge in [0.1, 0.15) is 0 Å². The smallest absolute Gasteiger partial charge is 0.0598 e. The minimum absolute atomic E-state index is 0.0428. The van der Waals surface area contributed by atoms with Crippen LogP contribution in [0.4, 0.5) is 0 Å². The molecule has 1 nitrogen and oxygen atoms in total. The largest absolute Gasteiger partial charge is 0.376 e. The highest BCUT2D eigenvalue weighted by molar-refractivity contribution is 4.58. The lowest BCUT2D eigenvalue weighted by atomic mass is 10.1. The van der Waals surface area contributed by atoms with Crippen LogP contribution in [0.15, 0.2) is 0 Å². The molecule has 0 aromatic heterocycles. The van der Waals surface area contributed by atoms with Gasteiger partial charge in [-0.15, -0.1) is 0 Å². The van der Waals surface area contributed by atoms with Crippen molar-refractivity contribution < 1.29 is 4.74 Å². The van der Waals surface area contributed by atoms with Crippen molar-refractivity contribution in [1.29, 1.82) is 0 Å². The molecule has 15 heavy (non-hydrogen) atoms. The van der Waals surface area contributed by atoms with Crippen molar-refractivity contribution in [3.8, 4) is 0 Å². The van der Waals surface area contributed by atoms with Crippen LogP contribution in [-0.4, -0.2) is 12.2 Å². The summed E-state index contributed by atoms with van der Waals surface area (Å²) in [6, 6.07) is 0. The first-order valence-electron chi connectivity index (χ1n) is 6.70. The second-order valence-corrected chi connectivity index (χ2v) is 5.44. The molecule has 1 heteroatoms. The second-order valence-electron chi connectivity index (χ2n) is 5.44. The SMILES string of the molecule is CCCCCCCCCCOC(C)(C)C. The lowest BCUT2D eigenvalue weighted by Gasteiger charge is -2.19. The van der Waals surface area contributed by atoms with Gasteiger partial charge in [0.2, 0.25) is 0 Å². The molecule has 0 bridgehead atoms. The van der Waals surface area contributed by atoms with E-state index in [4.69, 9.17) is 4.74 Å². The molecule has 0 heterocycles. The van der Waals surface area contributed by atoms with Gasteiger partial charge in [0.15, 0.2) is 0 Å². The Kier molecular flexibility index (Phi) is 9.18. The number of hydrogen-bond donors (Lipinski definition) is 0. The molecular weight excluding hydrogens is 184 g/mol. The van der Waals surface area contributed by atoms with Crippen LogP contribution < -0.4 is 0 Å². The predicted molar refractivity (Wildman–Crippen MR) is 68.3 cm³/mol. The predicted octanol–water partition coefficient (Wildman–Crippen LogP) is 4.94. The van der Waals surface area contributed by atoms with Crippen molar-refractivity contribution in [2.24, 2.45) is 0 Å². The number of rotatable bonds is 9. The van der Waals surface area contributed by atoms with Crippen LogP contribution >= 0.6 is 0 Å². The van der Waals surface area contributed by atoms with E-state index in [9.17, 15) is 0 Å². The molecule has 0 aliphatic rings. The molecule has 0 aliphatic carbocycles. The monoisotopic (exact) mass is 214 g/mol. The van der Waals surface area contributed by atoms with Gasteiger partial charge in [-0.3, -0.25) is 0 Å². The minimum Gasteiger partial charge on any atom is -0.376 e. The third-order valence-electron chi connectivity index (χ3n) is 2.53. The van der Waals surface area contributed by atoms with Crippen molar-refractivity contribution in [3.63, 3.8) is 0 Å². The molecule has 0 unspecified atom stereocenters. The maximum Gasteiger partial charge on any atom is 0.0598 e. The van der Waals surface area contributed by atoms with E-state index in [0.717, 1.165) is 6.61 Å². The van der Waals surface area contributed by atoms with Gasteiger partial charge in [-0.2, -0.15) is 0 Å². The van der Waals surface area contributed by atoms with Gasteiger partial charge in [-0.25, -0.2) is 0 Å². The van der Waals surface area contributed by atoms with E-state index >= 15 is 0 Å². The summed E-state index contributed by atoms with van der Waals surface area (Å²) in [5.74, 6) is 0. The summed E-state index contributed by atoms with van der Waals surface area (Å²) >= 11 is 0. The van der Waals surface area contributed by atoms with E-state index in [1.165, 1.54) is 51.4 Å². The Morgan fingerprint density at radius 3 is 1.67 bits per heavy atom. The molecule has 0 N–H and O–H groups in total. The molecule has 0 aliphatic heterocycles. The van der Waals surface area contributed by atoms with Gasteiger partial charge < -0.3 is 4.74 Å². The van der Waals surface area contributed by atoms with E-state index in [1.807, 2.05) is 0 Å². The Hall–Kier alpha value is -0.0400. The molecule has 0 saturated heterocycles. The first kappa shape index (κ1) is 15.0. The fourth-order valence-corrected chi connectivity index (χ4v) is 1.61. The summed E-state index contributed by atoms with van der Waals surface area (Å²) < 4.78 is 5.67. The molecule has 0 atom stereocenters. The van der Waals surface area contributed by atoms with E-state index in [1.54, 1.807) is 0 Å². The van der Waals surface area contributed by atoms with E-state index in [2.05, 4.69) is 27.7 Å². The molecule has 0 aromatic carbocycles. The molecule has 0 radical (unpaired) electrons. The zero-order chi connectivity index (χ0) is 11.6. The van der Waals surface area contributed by atoms with Crippen molar-refractivity contribution >= 4 is 0 Å². The molecular formula is C14H30O. The maximum atomic E-state index is 5.67. The average Bonchev–Trinajstić information content (AvgIpc) is 2.14. The number of unbranched alkanes of at least 4 members (excludes halogenated alkanes) is 7. The van der Waals surface area contributed by atoms with Gasteiger partial charge in [0.25, 0.3) is 0 Å². The fourth-order valence-electron chi connectivity index (χ4n) is 1.61. The molecule has 0 aromatic rings. The van der Waals surface area contributed by atoms with Gasteiger partial charge >= 0.3 is 0 Å². The Morgan fingerprint density at radius 2 is 1.20 bits per heavy atom. The van der Waals surface area contributed by atoms with Crippen molar-refractivity contribution in [2.45, 2.75) is 84.7 Å². The summed E-state index contributed by atoms with van der Waals surface area (Å²) in [6.45, 7) is 9.57. The molecule has 0 amide bonds. The topological polar surface area (TPSA) is 9.23 Å². The van der Waals surface area contributed by atoms with Gasteiger partial charge in [-0.1, -0.05) is 51.9 Å². The van der Waals surface area contributed by atoms with Gasteiger partial charge in [-0.05, 0) is 27.2 Å². The Bertz CT molecular complexity index is 124. The van der Waals surface area contributed by atoms with Crippen LogP contribution in [0.5, 0.6) is 0 Å². The molecule has 0 rings (SSSR count). The fraction of sp³-hybridized carbons (Fsp3) is 1.00. The Morgan fingerprint density at radius 1 is 0.733 bits per heavy atom. The Balaban J connectivity index is 2.99. The zero-order valence-electron chi connectivity index (χ0n) is 11.3. The number of ether oxygens (including phenoxy) is 1. The van der Waals surface area contributed by atoms with E-state index in [-0.39, 0.29) is 5.60 Å². The molecule has 0 saturated carbocycles. The quantitative estimate of drug-likeness (QED) is 0.494. The standard InChI is InChI=1S/C14H30O/c1-5-6-7-8-9-10-11-12-13-15-14(2,3)4/h5-13H2,1-4H3. The highest BCUT2D eigenvalue weighted by Crippen LogP contribution is 2.11. The van der Waals surface area contributed by atoms with Crippen molar-refractivity contribution in [3.05, 3.63) is 0 Å². The van der Waals surface area contributed by atoms with Crippen LogP contribution in [0.2, 0.25) is 0 Å². The van der Waals surface area contributed by atoms with Crippen LogP contribution in [-0.2, 0) is 4.74 Å². The normalized spacial score (nSPS) is 12.0. The molecule has 0 spiro atoms. The molecule has 0 fully saturated rings. The summed E-state index contributed by atoms with van der Waals surface area (Å²) in [4.78, 5) is 0. The summed E-state index contributed by atoms with van der Waals surface area (Å²) in [5.41, 5.74) is 0.0428. The third kappa shape index (κ3) is 14.0. The third-order valence-corrected chi connectivity index (χ3v) is 2.53. The zero-order valence-corrected chi connectivity index (χ0v) is 11.3. The van der Waals surface area contributed by atoms with Crippen LogP contribution in [0.1, 0.15) is 79.1 Å². The first-order valence-corrected chi connectivity index (χ1v) is 6.70. The summed E-state index contributed by atoms with van der Waals surface area (Å²) in [5, 5.41) is 0. The summed E-state index contributed by atoms with van der Waals surface area (Å²) in [6.07, 6.45) is 11.0. The molecule has 92 valence electrons. The van der Waals surface area contributed by atoms with Crippen LogP contribution in [0, 0.1) is 0 Å². The van der Waals surface area contributed by atoms with Gasteiger partial charge in [0, 0.05) is 6.61 Å². The highest BCUT2D eigenvalue weighted by Gasteiger charge is 2.08. The number of hydrogen-bond acceptors (Lipinski definition) is 1. The van der Waals surface area contributed by atoms with Crippen molar-refractivity contribution in [2.75, 3.05) is 6.61 Å². The lowest BCUT2D eigenvalue weighted by molar-refractivity contribution is -0.00474. The Labute approximate surface area is 96.6 Å². The van der Waals surface area contributed by atoms with E-state index in [0.29, 0.717) is 0 Å². The lowest BCUT2D eigenvalue weighted by Crippen LogP contribution is -2.19. The first-order chi connectivity index (χ1) is 7.06. The summed E-state index contributed by atoms with van der Waals surface area (Å²) in [7, 11) is 0. The highest BCUT2D eigenvalue weighted by atomic mass is 16.5. The van der Waals surface area contributed by atoms with Gasteiger partial charge in [0.05, 0.1) is 5.60 Å². The maximum absolute atomic E-state index is 5.67. The van der Waals surface area contributed by atoms with Crippen molar-refractivity contribution in [1.82, 2.24) is 0 Å². The second kappa shape index (κ2) is 9.21. The van der Waals surface area contributed by atoms with Crippen LogP contribution in [0.3, 0.4) is 0 Å². The van der Waals surface area contributed by atoms with Crippen LogP contribution in [0.25, 0.3) is 0 Å². The van der Waals surface area contributed by atoms with E-state index < -0.39 is 0 Å². The average molecular weight is 214 g/mol. The minimum atomic E-state index is 0.0428.